The fraction of sp³-hybridized carbons (Fsp3) is 0.750. The molecule has 2 N–H and O–H groups in total. The zero-order valence-electron chi connectivity index (χ0n) is 10.7. The molecule has 0 bridgehead atoms. The molecule has 0 aromatic carbocycles. The van der Waals surface area contributed by atoms with Crippen LogP contribution in [0.4, 0.5) is 5.13 Å². The number of hydrogen-bond acceptors (Lipinski definition) is 5. The zero-order valence-corrected chi connectivity index (χ0v) is 11.5. The number of thiazole rings is 1. The maximum atomic E-state index is 5.84. The zero-order chi connectivity index (χ0) is 12.3. The molecule has 0 spiro atoms. The Morgan fingerprint density at radius 2 is 2.24 bits per heavy atom. The highest BCUT2D eigenvalue weighted by Gasteiger charge is 2.13. The van der Waals surface area contributed by atoms with Crippen molar-refractivity contribution in [1.82, 2.24) is 9.88 Å². The van der Waals surface area contributed by atoms with Crippen LogP contribution in [0.1, 0.15) is 30.7 Å². The highest BCUT2D eigenvalue weighted by Crippen LogP contribution is 2.25. The Labute approximate surface area is 107 Å². The second-order valence-electron chi connectivity index (χ2n) is 4.80. The van der Waals surface area contributed by atoms with Crippen LogP contribution in [0.15, 0.2) is 6.20 Å². The van der Waals surface area contributed by atoms with Crippen molar-refractivity contribution in [3.63, 3.8) is 0 Å². The summed E-state index contributed by atoms with van der Waals surface area (Å²) in [5, 5.41) is 1.08. The molecule has 0 amide bonds. The van der Waals surface area contributed by atoms with Crippen molar-refractivity contribution in [2.24, 2.45) is 5.73 Å². The van der Waals surface area contributed by atoms with Gasteiger partial charge in [0.25, 0.3) is 0 Å². The molecule has 2 heterocycles. The molecular formula is C12H22N4S. The Bertz CT molecular complexity index is 344. The van der Waals surface area contributed by atoms with Gasteiger partial charge in [0.1, 0.15) is 0 Å². The van der Waals surface area contributed by atoms with Crippen molar-refractivity contribution in [1.29, 1.82) is 0 Å². The Morgan fingerprint density at radius 3 is 2.82 bits per heavy atom. The van der Waals surface area contributed by atoms with Crippen molar-refractivity contribution < 1.29 is 0 Å². The van der Waals surface area contributed by atoms with Gasteiger partial charge in [0.05, 0.1) is 0 Å². The van der Waals surface area contributed by atoms with Crippen molar-refractivity contribution >= 4 is 16.5 Å². The lowest BCUT2D eigenvalue weighted by Gasteiger charge is -2.20. The molecule has 1 aliphatic heterocycles. The molecule has 96 valence electrons. The van der Waals surface area contributed by atoms with Crippen LogP contribution in [0.2, 0.25) is 0 Å². The highest BCUT2D eigenvalue weighted by atomic mass is 32.1. The molecule has 2 rings (SSSR count). The van der Waals surface area contributed by atoms with Crippen molar-refractivity contribution in [2.45, 2.75) is 25.8 Å². The minimum atomic E-state index is 0.0910. The van der Waals surface area contributed by atoms with Gasteiger partial charge >= 0.3 is 0 Å². The van der Waals surface area contributed by atoms with Crippen LogP contribution in [-0.4, -0.2) is 43.1 Å². The summed E-state index contributed by atoms with van der Waals surface area (Å²) in [6, 6.07) is 0.0910. The number of anilines is 1. The summed E-state index contributed by atoms with van der Waals surface area (Å²) < 4.78 is 0. The van der Waals surface area contributed by atoms with Gasteiger partial charge in [-0.25, -0.2) is 4.98 Å². The summed E-state index contributed by atoms with van der Waals surface area (Å²) >= 11 is 1.70. The first-order valence-electron chi connectivity index (χ1n) is 6.31. The van der Waals surface area contributed by atoms with E-state index in [2.05, 4.69) is 21.8 Å². The van der Waals surface area contributed by atoms with Gasteiger partial charge in [-0.05, 0) is 32.9 Å². The second-order valence-corrected chi connectivity index (χ2v) is 5.84. The number of nitrogens with two attached hydrogens (primary N) is 1. The molecule has 0 radical (unpaired) electrons. The molecule has 1 aromatic rings. The van der Waals surface area contributed by atoms with Crippen LogP contribution < -0.4 is 10.6 Å². The molecule has 0 aliphatic carbocycles. The fourth-order valence-electron chi connectivity index (χ4n) is 2.06. The summed E-state index contributed by atoms with van der Waals surface area (Å²) in [5.41, 5.74) is 5.84. The van der Waals surface area contributed by atoms with E-state index < -0.39 is 0 Å². The van der Waals surface area contributed by atoms with E-state index in [-0.39, 0.29) is 6.04 Å². The SMILES string of the molecule is CC(N)c1cnc(N(C)CCN2CCCC2)s1. The molecule has 1 atom stereocenters. The molecule has 17 heavy (non-hydrogen) atoms. The third-order valence-electron chi connectivity index (χ3n) is 3.24. The molecule has 0 saturated carbocycles. The molecule has 1 saturated heterocycles. The maximum Gasteiger partial charge on any atom is 0.185 e. The van der Waals surface area contributed by atoms with E-state index in [0.717, 1.165) is 23.1 Å². The predicted molar refractivity (Wildman–Crippen MR) is 73.7 cm³/mol. The molecule has 1 aromatic heterocycles. The number of likely N-dealkylation sites (N-methyl/N-ethyl adjacent to an activating group) is 1. The second kappa shape index (κ2) is 5.80. The first-order chi connectivity index (χ1) is 8.16. The van der Waals surface area contributed by atoms with Gasteiger partial charge in [-0.2, -0.15) is 0 Å². The van der Waals surface area contributed by atoms with E-state index in [9.17, 15) is 0 Å². The van der Waals surface area contributed by atoms with Crippen molar-refractivity contribution in [2.75, 3.05) is 38.1 Å². The minimum absolute atomic E-state index is 0.0910. The topological polar surface area (TPSA) is 45.4 Å². The van der Waals surface area contributed by atoms with Gasteiger partial charge in [0.2, 0.25) is 0 Å². The van der Waals surface area contributed by atoms with E-state index in [1.165, 1.54) is 25.9 Å². The standard InChI is InChI=1S/C12H22N4S/c1-10(13)11-9-14-12(17-11)15(2)7-8-16-5-3-4-6-16/h9-10H,3-8,13H2,1-2H3. The lowest BCUT2D eigenvalue weighted by atomic mass is 10.3. The number of likely N-dealkylation sites (tertiary alicyclic amines) is 1. The van der Waals surface area contributed by atoms with E-state index in [4.69, 9.17) is 5.73 Å². The number of rotatable bonds is 5. The van der Waals surface area contributed by atoms with Crippen LogP contribution in [0, 0.1) is 0 Å². The fourth-order valence-corrected chi connectivity index (χ4v) is 2.91. The van der Waals surface area contributed by atoms with E-state index in [0.29, 0.717) is 0 Å². The maximum absolute atomic E-state index is 5.84. The predicted octanol–water partition coefficient (Wildman–Crippen LogP) is 1.69. The monoisotopic (exact) mass is 254 g/mol. The number of nitrogens with zero attached hydrogens (tertiary/aromatic N) is 3. The first-order valence-corrected chi connectivity index (χ1v) is 7.13. The largest absolute Gasteiger partial charge is 0.350 e. The van der Waals surface area contributed by atoms with E-state index in [1.54, 1.807) is 11.3 Å². The van der Waals surface area contributed by atoms with Crippen LogP contribution in [-0.2, 0) is 0 Å². The van der Waals surface area contributed by atoms with Gasteiger partial charge in [0.15, 0.2) is 5.13 Å². The molecule has 1 aliphatic rings. The molecule has 5 heteroatoms. The Morgan fingerprint density at radius 1 is 1.53 bits per heavy atom. The molecule has 1 unspecified atom stereocenters. The van der Waals surface area contributed by atoms with Gasteiger partial charge < -0.3 is 15.5 Å². The third kappa shape index (κ3) is 3.40. The summed E-state index contributed by atoms with van der Waals surface area (Å²) in [6.07, 6.45) is 4.61. The van der Waals surface area contributed by atoms with Gasteiger partial charge in [-0.1, -0.05) is 0 Å². The van der Waals surface area contributed by atoms with Crippen LogP contribution in [0.3, 0.4) is 0 Å². The van der Waals surface area contributed by atoms with Crippen molar-refractivity contribution in [3.05, 3.63) is 11.1 Å². The van der Waals surface area contributed by atoms with Gasteiger partial charge in [0, 0.05) is 37.3 Å². The Kier molecular flexibility index (Phi) is 4.36. The van der Waals surface area contributed by atoms with Crippen LogP contribution >= 0.6 is 11.3 Å². The smallest absolute Gasteiger partial charge is 0.185 e. The Hall–Kier alpha value is -0.650. The lowest BCUT2D eigenvalue weighted by Crippen LogP contribution is -2.31. The summed E-state index contributed by atoms with van der Waals surface area (Å²) in [4.78, 5) is 10.3. The highest BCUT2D eigenvalue weighted by molar-refractivity contribution is 7.15. The first kappa shape index (κ1) is 12.8. The average Bonchev–Trinajstić information content (AvgIpc) is 2.96. The van der Waals surface area contributed by atoms with Crippen LogP contribution in [0.25, 0.3) is 0 Å². The van der Waals surface area contributed by atoms with Crippen molar-refractivity contribution in [3.8, 4) is 0 Å². The number of aromatic nitrogens is 1. The third-order valence-corrected chi connectivity index (χ3v) is 4.55. The lowest BCUT2D eigenvalue weighted by molar-refractivity contribution is 0.346. The van der Waals surface area contributed by atoms with Crippen LogP contribution in [0.5, 0.6) is 0 Å². The summed E-state index contributed by atoms with van der Waals surface area (Å²) in [5.74, 6) is 0. The molecular weight excluding hydrogens is 232 g/mol. The average molecular weight is 254 g/mol. The van der Waals surface area contributed by atoms with Gasteiger partial charge in [-0.15, -0.1) is 11.3 Å². The normalized spacial score (nSPS) is 18.5. The number of hydrogen-bond donors (Lipinski definition) is 1. The van der Waals surface area contributed by atoms with E-state index >= 15 is 0 Å². The van der Waals surface area contributed by atoms with Gasteiger partial charge in [-0.3, -0.25) is 0 Å². The molecule has 1 fully saturated rings. The minimum Gasteiger partial charge on any atom is -0.350 e. The summed E-state index contributed by atoms with van der Waals surface area (Å²) in [6.45, 7) is 6.71. The summed E-state index contributed by atoms with van der Waals surface area (Å²) in [7, 11) is 2.11. The Balaban J connectivity index is 1.83. The van der Waals surface area contributed by atoms with E-state index in [1.807, 2.05) is 13.1 Å². The molecule has 4 nitrogen and oxygen atoms in total. The quantitative estimate of drug-likeness (QED) is 0.868.